The van der Waals surface area contributed by atoms with Crippen molar-refractivity contribution in [1.82, 2.24) is 24.4 Å². The molecule has 0 bridgehead atoms. The van der Waals surface area contributed by atoms with Crippen molar-refractivity contribution in [1.29, 1.82) is 0 Å². The maximum absolute atomic E-state index is 6.14. The average Bonchev–Trinajstić information content (AvgIpc) is 3.14. The average molecular weight is 407 g/mol. The second kappa shape index (κ2) is 8.22. The molecule has 0 aliphatic carbocycles. The lowest BCUT2D eigenvalue weighted by atomic mass is 10.0. The Morgan fingerprint density at radius 3 is 2.70 bits per heavy atom. The highest BCUT2D eigenvalue weighted by Gasteiger charge is 2.14. The summed E-state index contributed by atoms with van der Waals surface area (Å²) in [6, 6.07) is 6.22. The van der Waals surface area contributed by atoms with Crippen LogP contribution in [0.2, 0.25) is 5.15 Å². The molecule has 0 radical (unpaired) electrons. The Morgan fingerprint density at radius 2 is 2.04 bits per heavy atom. The standard InChI is InChI=1S/C18H23ClN6OS/c1-11(2)13-6-5-12(3)7-14(13)26-9-16-22-23-18(25(16)20)27-10-17-21-8-15(19)24(17)4/h5-8,11H,9-10,20H2,1-4H3. The maximum atomic E-state index is 6.14. The predicted molar refractivity (Wildman–Crippen MR) is 108 cm³/mol. The molecule has 7 nitrogen and oxygen atoms in total. The van der Waals surface area contributed by atoms with Crippen LogP contribution in [0, 0.1) is 6.92 Å². The first-order valence-electron chi connectivity index (χ1n) is 8.58. The molecule has 3 aromatic rings. The van der Waals surface area contributed by atoms with Crippen LogP contribution in [0.25, 0.3) is 0 Å². The molecule has 0 aliphatic heterocycles. The van der Waals surface area contributed by atoms with Crippen LogP contribution in [0.15, 0.2) is 29.6 Å². The van der Waals surface area contributed by atoms with Crippen LogP contribution in [-0.2, 0) is 19.4 Å². The van der Waals surface area contributed by atoms with E-state index in [4.69, 9.17) is 22.2 Å². The van der Waals surface area contributed by atoms with Gasteiger partial charge in [-0.3, -0.25) is 0 Å². The number of nitrogens with two attached hydrogens (primary N) is 1. The van der Waals surface area contributed by atoms with E-state index in [1.165, 1.54) is 16.4 Å². The summed E-state index contributed by atoms with van der Waals surface area (Å²) >= 11 is 7.46. The van der Waals surface area contributed by atoms with Gasteiger partial charge in [-0.2, -0.15) is 0 Å². The van der Waals surface area contributed by atoms with Crippen LogP contribution in [0.4, 0.5) is 0 Å². The van der Waals surface area contributed by atoms with Gasteiger partial charge in [0.1, 0.15) is 23.3 Å². The Kier molecular flexibility index (Phi) is 5.96. The Labute approximate surface area is 167 Å². The summed E-state index contributed by atoms with van der Waals surface area (Å²) in [7, 11) is 1.87. The fraction of sp³-hybridized carbons (Fsp3) is 0.389. The number of aryl methyl sites for hydroxylation is 1. The highest BCUT2D eigenvalue weighted by Crippen LogP contribution is 2.28. The fourth-order valence-corrected chi connectivity index (χ4v) is 3.59. The van der Waals surface area contributed by atoms with Gasteiger partial charge in [0.25, 0.3) is 0 Å². The molecule has 144 valence electrons. The first kappa shape index (κ1) is 19.6. The number of ether oxygens (including phenoxy) is 1. The minimum atomic E-state index is 0.251. The molecule has 0 amide bonds. The zero-order valence-electron chi connectivity index (χ0n) is 15.8. The van der Waals surface area contributed by atoms with Crippen molar-refractivity contribution in [3.05, 3.63) is 52.3 Å². The molecule has 0 fully saturated rings. The number of thioether (sulfide) groups is 1. The van der Waals surface area contributed by atoms with Gasteiger partial charge in [0.2, 0.25) is 5.16 Å². The number of nitrogens with zero attached hydrogens (tertiary/aromatic N) is 5. The molecule has 0 atom stereocenters. The number of imidazole rings is 1. The molecule has 9 heteroatoms. The van der Waals surface area contributed by atoms with Crippen molar-refractivity contribution >= 4 is 23.4 Å². The van der Waals surface area contributed by atoms with Crippen LogP contribution in [-0.4, -0.2) is 24.4 Å². The van der Waals surface area contributed by atoms with Gasteiger partial charge in [0, 0.05) is 7.05 Å². The van der Waals surface area contributed by atoms with Crippen LogP contribution < -0.4 is 10.6 Å². The fourth-order valence-electron chi connectivity index (χ4n) is 2.58. The van der Waals surface area contributed by atoms with Crippen molar-refractivity contribution in [3.63, 3.8) is 0 Å². The summed E-state index contributed by atoms with van der Waals surface area (Å²) in [6.07, 6.45) is 1.62. The minimum Gasteiger partial charge on any atom is -0.485 e. The highest BCUT2D eigenvalue weighted by molar-refractivity contribution is 7.98. The van der Waals surface area contributed by atoms with Crippen LogP contribution in [0.1, 0.15) is 42.5 Å². The Bertz CT molecular complexity index is 936. The number of hydrogen-bond acceptors (Lipinski definition) is 6. The van der Waals surface area contributed by atoms with Gasteiger partial charge >= 0.3 is 0 Å². The van der Waals surface area contributed by atoms with Crippen LogP contribution in [0.3, 0.4) is 0 Å². The molecular weight excluding hydrogens is 384 g/mol. The van der Waals surface area contributed by atoms with Gasteiger partial charge in [0.15, 0.2) is 5.82 Å². The zero-order valence-corrected chi connectivity index (χ0v) is 17.4. The normalized spacial score (nSPS) is 11.3. The molecule has 27 heavy (non-hydrogen) atoms. The lowest BCUT2D eigenvalue weighted by Gasteiger charge is -2.14. The van der Waals surface area contributed by atoms with Crippen LogP contribution in [0.5, 0.6) is 5.75 Å². The molecular formula is C18H23ClN6OS. The SMILES string of the molecule is Cc1ccc(C(C)C)c(OCc2nnc(SCc3ncc(Cl)n3C)n2N)c1. The van der Waals surface area contributed by atoms with Crippen molar-refractivity contribution in [2.24, 2.45) is 7.05 Å². The van der Waals surface area contributed by atoms with Gasteiger partial charge in [-0.25, -0.2) is 9.66 Å². The van der Waals surface area contributed by atoms with E-state index in [2.05, 4.69) is 41.2 Å². The molecule has 0 unspecified atom stereocenters. The summed E-state index contributed by atoms with van der Waals surface area (Å²) in [5, 5.41) is 9.50. The zero-order chi connectivity index (χ0) is 19.6. The lowest BCUT2D eigenvalue weighted by Crippen LogP contribution is -2.16. The summed E-state index contributed by atoms with van der Waals surface area (Å²) < 4.78 is 9.28. The summed E-state index contributed by atoms with van der Waals surface area (Å²) in [5.41, 5.74) is 2.30. The van der Waals surface area contributed by atoms with E-state index in [0.717, 1.165) is 22.7 Å². The third-order valence-electron chi connectivity index (χ3n) is 4.24. The molecule has 2 aromatic heterocycles. The predicted octanol–water partition coefficient (Wildman–Crippen LogP) is 3.68. The van der Waals surface area contributed by atoms with E-state index in [-0.39, 0.29) is 6.61 Å². The molecule has 0 spiro atoms. The Morgan fingerprint density at radius 1 is 1.26 bits per heavy atom. The van der Waals surface area contributed by atoms with Gasteiger partial charge in [-0.05, 0) is 30.0 Å². The first-order chi connectivity index (χ1) is 12.9. The van der Waals surface area contributed by atoms with E-state index >= 15 is 0 Å². The number of benzene rings is 1. The van der Waals surface area contributed by atoms with Crippen molar-refractivity contribution in [2.75, 3.05) is 5.84 Å². The van der Waals surface area contributed by atoms with Gasteiger partial charge < -0.3 is 15.1 Å². The quantitative estimate of drug-likeness (QED) is 0.476. The number of halogens is 1. The summed E-state index contributed by atoms with van der Waals surface area (Å²) in [6.45, 7) is 6.58. The molecule has 0 saturated carbocycles. The van der Waals surface area contributed by atoms with Crippen LogP contribution >= 0.6 is 23.4 Å². The number of aromatic nitrogens is 5. The third-order valence-corrected chi connectivity index (χ3v) is 5.53. The van der Waals surface area contributed by atoms with Gasteiger partial charge in [-0.1, -0.05) is 49.3 Å². The number of nitrogen functional groups attached to an aromatic ring is 1. The summed E-state index contributed by atoms with van der Waals surface area (Å²) in [5.74, 6) is 9.35. The van der Waals surface area contributed by atoms with Gasteiger partial charge in [0.05, 0.1) is 11.9 Å². The highest BCUT2D eigenvalue weighted by atomic mass is 35.5. The van der Waals surface area contributed by atoms with Crippen molar-refractivity contribution < 1.29 is 4.74 Å². The lowest BCUT2D eigenvalue weighted by molar-refractivity contribution is 0.287. The first-order valence-corrected chi connectivity index (χ1v) is 9.94. The smallest absolute Gasteiger partial charge is 0.210 e. The second-order valence-corrected chi connectivity index (χ2v) is 7.93. The van der Waals surface area contributed by atoms with E-state index in [0.29, 0.717) is 27.8 Å². The topological polar surface area (TPSA) is 83.8 Å². The van der Waals surface area contributed by atoms with E-state index in [9.17, 15) is 0 Å². The van der Waals surface area contributed by atoms with Crippen molar-refractivity contribution in [3.8, 4) is 5.75 Å². The molecule has 0 saturated heterocycles. The Hall–Kier alpha value is -2.19. The van der Waals surface area contributed by atoms with E-state index in [1.807, 2.05) is 24.6 Å². The third kappa shape index (κ3) is 4.39. The number of rotatable bonds is 7. The van der Waals surface area contributed by atoms with Crippen molar-refractivity contribution in [2.45, 2.75) is 44.2 Å². The number of hydrogen-bond donors (Lipinski definition) is 1. The maximum Gasteiger partial charge on any atom is 0.210 e. The molecule has 2 heterocycles. The second-order valence-electron chi connectivity index (χ2n) is 6.60. The van der Waals surface area contributed by atoms with E-state index < -0.39 is 0 Å². The summed E-state index contributed by atoms with van der Waals surface area (Å²) in [4.78, 5) is 4.26. The molecule has 3 rings (SSSR count). The minimum absolute atomic E-state index is 0.251. The monoisotopic (exact) mass is 406 g/mol. The molecule has 1 aromatic carbocycles. The van der Waals surface area contributed by atoms with E-state index in [1.54, 1.807) is 6.20 Å². The largest absolute Gasteiger partial charge is 0.485 e. The molecule has 0 aliphatic rings. The van der Waals surface area contributed by atoms with Gasteiger partial charge in [-0.15, -0.1) is 10.2 Å². The molecule has 2 N–H and O–H groups in total. The Balaban J connectivity index is 1.67.